The van der Waals surface area contributed by atoms with Crippen molar-refractivity contribution in [2.75, 3.05) is 26.2 Å². The van der Waals surface area contributed by atoms with Crippen LogP contribution in [-0.2, 0) is 19.7 Å². The lowest BCUT2D eigenvalue weighted by atomic mass is 9.99. The normalized spacial score (nSPS) is 25.8. The van der Waals surface area contributed by atoms with Gasteiger partial charge in [-0.2, -0.15) is 12.7 Å². The van der Waals surface area contributed by atoms with Gasteiger partial charge < -0.3 is 9.84 Å². The molecule has 2 rings (SSSR count). The molecule has 1 atom stereocenters. The van der Waals surface area contributed by atoms with Crippen LogP contribution in [-0.4, -0.2) is 56.1 Å². The Balaban J connectivity index is 1.73. The molecular weight excluding hydrogens is 296 g/mol. The predicted octanol–water partition coefficient (Wildman–Crippen LogP) is 0.577. The van der Waals surface area contributed by atoms with E-state index in [9.17, 15) is 13.2 Å². The number of carbonyl (C=O) groups is 1. The van der Waals surface area contributed by atoms with Crippen molar-refractivity contribution in [2.45, 2.75) is 44.6 Å². The van der Waals surface area contributed by atoms with Crippen LogP contribution in [0.3, 0.4) is 0 Å². The third-order valence-corrected chi connectivity index (χ3v) is 5.78. The molecule has 0 aliphatic carbocycles. The van der Waals surface area contributed by atoms with Crippen LogP contribution in [0.1, 0.15) is 38.5 Å². The van der Waals surface area contributed by atoms with E-state index in [1.54, 1.807) is 0 Å². The molecule has 2 aliphatic heterocycles. The van der Waals surface area contributed by atoms with Crippen LogP contribution in [0.4, 0.5) is 0 Å². The molecule has 0 aromatic rings. The molecule has 0 spiro atoms. The van der Waals surface area contributed by atoms with Gasteiger partial charge in [0.05, 0.1) is 12.0 Å². The highest BCUT2D eigenvalue weighted by atomic mass is 32.2. The summed E-state index contributed by atoms with van der Waals surface area (Å²) in [5.74, 6) is -1.26. The first-order chi connectivity index (χ1) is 9.99. The largest absolute Gasteiger partial charge is 0.481 e. The number of carboxylic acids is 1. The molecule has 0 aromatic heterocycles. The fourth-order valence-corrected chi connectivity index (χ4v) is 4.07. The third-order valence-electron chi connectivity index (χ3n) is 4.17. The zero-order valence-electron chi connectivity index (χ0n) is 12.2. The van der Waals surface area contributed by atoms with Gasteiger partial charge in [0.2, 0.25) is 0 Å². The molecule has 0 radical (unpaired) electrons. The zero-order valence-corrected chi connectivity index (χ0v) is 13.0. The van der Waals surface area contributed by atoms with Crippen molar-refractivity contribution in [3.63, 3.8) is 0 Å². The molecule has 0 amide bonds. The van der Waals surface area contributed by atoms with Gasteiger partial charge in [0.1, 0.15) is 0 Å². The van der Waals surface area contributed by atoms with E-state index in [1.807, 2.05) is 0 Å². The summed E-state index contributed by atoms with van der Waals surface area (Å²) in [6.07, 6.45) is 4.81. The van der Waals surface area contributed by atoms with E-state index in [1.165, 1.54) is 4.31 Å². The summed E-state index contributed by atoms with van der Waals surface area (Å²) in [4.78, 5) is 10.9. The van der Waals surface area contributed by atoms with Crippen LogP contribution in [0.25, 0.3) is 0 Å². The van der Waals surface area contributed by atoms with Gasteiger partial charge in [-0.25, -0.2) is 4.72 Å². The van der Waals surface area contributed by atoms with Gasteiger partial charge in [-0.05, 0) is 38.5 Å². The molecular formula is C13H24N2O5S. The Morgan fingerprint density at radius 1 is 1.24 bits per heavy atom. The highest BCUT2D eigenvalue weighted by Gasteiger charge is 2.30. The first-order valence-corrected chi connectivity index (χ1v) is 9.02. The molecule has 122 valence electrons. The van der Waals surface area contributed by atoms with Crippen molar-refractivity contribution in [3.8, 4) is 0 Å². The van der Waals surface area contributed by atoms with Crippen LogP contribution < -0.4 is 4.72 Å². The van der Waals surface area contributed by atoms with Gasteiger partial charge in [-0.3, -0.25) is 4.79 Å². The van der Waals surface area contributed by atoms with Gasteiger partial charge in [0, 0.05) is 26.2 Å². The molecule has 1 unspecified atom stereocenters. The number of hydrogen-bond donors (Lipinski definition) is 2. The fourth-order valence-electron chi connectivity index (χ4n) is 2.82. The van der Waals surface area contributed by atoms with E-state index in [2.05, 4.69) is 4.72 Å². The van der Waals surface area contributed by atoms with E-state index in [-0.39, 0.29) is 19.2 Å². The summed E-state index contributed by atoms with van der Waals surface area (Å²) in [7, 11) is -3.50. The van der Waals surface area contributed by atoms with Crippen molar-refractivity contribution in [1.82, 2.24) is 9.03 Å². The van der Waals surface area contributed by atoms with Crippen LogP contribution >= 0.6 is 0 Å². The summed E-state index contributed by atoms with van der Waals surface area (Å²) < 4.78 is 33.8. The first-order valence-electron chi connectivity index (χ1n) is 7.58. The Labute approximate surface area is 125 Å². The Bertz CT molecular complexity index is 439. The lowest BCUT2D eigenvalue weighted by Crippen LogP contribution is -2.46. The van der Waals surface area contributed by atoms with Crippen LogP contribution in [0.2, 0.25) is 0 Å². The lowest BCUT2D eigenvalue weighted by Gasteiger charge is -2.29. The number of nitrogens with zero attached hydrogens (tertiary/aromatic N) is 1. The summed E-state index contributed by atoms with van der Waals surface area (Å²) >= 11 is 0. The molecule has 7 nitrogen and oxygen atoms in total. The minimum absolute atomic E-state index is 0.152. The quantitative estimate of drug-likeness (QED) is 0.746. The number of hydrogen-bond acceptors (Lipinski definition) is 4. The van der Waals surface area contributed by atoms with E-state index in [0.29, 0.717) is 25.8 Å². The minimum atomic E-state index is -3.50. The summed E-state index contributed by atoms with van der Waals surface area (Å²) in [6, 6.07) is 0. The second-order valence-corrected chi connectivity index (χ2v) is 7.44. The minimum Gasteiger partial charge on any atom is -0.481 e. The number of carboxylic acid groups (broad SMARTS) is 1. The Kier molecular flexibility index (Phi) is 5.98. The molecule has 2 N–H and O–H groups in total. The van der Waals surface area contributed by atoms with Crippen molar-refractivity contribution in [1.29, 1.82) is 0 Å². The second kappa shape index (κ2) is 7.53. The van der Waals surface area contributed by atoms with Gasteiger partial charge in [0.25, 0.3) is 10.2 Å². The zero-order chi connectivity index (χ0) is 15.3. The van der Waals surface area contributed by atoms with Crippen LogP contribution in [0, 0.1) is 5.92 Å². The second-order valence-electron chi connectivity index (χ2n) is 5.69. The van der Waals surface area contributed by atoms with Crippen LogP contribution in [0.5, 0.6) is 0 Å². The number of nitrogens with one attached hydrogen (secondary N) is 1. The SMILES string of the molecule is O=C(O)C1CCN(S(=O)(=O)NCCC2CCCCO2)CC1. The van der Waals surface area contributed by atoms with Crippen molar-refractivity contribution in [2.24, 2.45) is 5.92 Å². The van der Waals surface area contributed by atoms with Crippen molar-refractivity contribution >= 4 is 16.2 Å². The Hall–Kier alpha value is -0.700. The van der Waals surface area contributed by atoms with Gasteiger partial charge >= 0.3 is 5.97 Å². The number of aliphatic carboxylic acids is 1. The highest BCUT2D eigenvalue weighted by molar-refractivity contribution is 7.87. The number of rotatable bonds is 6. The number of piperidine rings is 1. The van der Waals surface area contributed by atoms with Gasteiger partial charge in [0.15, 0.2) is 0 Å². The van der Waals surface area contributed by atoms with E-state index >= 15 is 0 Å². The predicted molar refractivity (Wildman–Crippen MR) is 77.1 cm³/mol. The average molecular weight is 320 g/mol. The molecule has 2 fully saturated rings. The monoisotopic (exact) mass is 320 g/mol. The molecule has 0 saturated carbocycles. The number of ether oxygens (including phenoxy) is 1. The maximum Gasteiger partial charge on any atom is 0.306 e. The van der Waals surface area contributed by atoms with E-state index in [0.717, 1.165) is 25.9 Å². The average Bonchev–Trinajstić information content (AvgIpc) is 2.48. The maximum absolute atomic E-state index is 12.1. The molecule has 2 heterocycles. The highest BCUT2D eigenvalue weighted by Crippen LogP contribution is 2.19. The topological polar surface area (TPSA) is 95.9 Å². The van der Waals surface area contributed by atoms with E-state index in [4.69, 9.17) is 9.84 Å². The molecule has 2 saturated heterocycles. The van der Waals surface area contributed by atoms with Crippen LogP contribution in [0.15, 0.2) is 0 Å². The lowest BCUT2D eigenvalue weighted by molar-refractivity contribution is -0.142. The molecule has 2 aliphatic rings. The summed E-state index contributed by atoms with van der Waals surface area (Å²) in [5, 5.41) is 8.92. The maximum atomic E-state index is 12.1. The molecule has 8 heteroatoms. The van der Waals surface area contributed by atoms with Crippen molar-refractivity contribution < 1.29 is 23.1 Å². The smallest absolute Gasteiger partial charge is 0.306 e. The fraction of sp³-hybridized carbons (Fsp3) is 0.923. The third kappa shape index (κ3) is 4.91. The molecule has 0 aromatic carbocycles. The van der Waals surface area contributed by atoms with Crippen molar-refractivity contribution in [3.05, 3.63) is 0 Å². The molecule has 0 bridgehead atoms. The van der Waals surface area contributed by atoms with Gasteiger partial charge in [-0.1, -0.05) is 0 Å². The first kappa shape index (κ1) is 16.7. The molecule has 21 heavy (non-hydrogen) atoms. The summed E-state index contributed by atoms with van der Waals surface area (Å²) in [5.41, 5.74) is 0. The van der Waals surface area contributed by atoms with Gasteiger partial charge in [-0.15, -0.1) is 0 Å². The summed E-state index contributed by atoms with van der Waals surface area (Å²) in [6.45, 7) is 1.67. The standard InChI is InChI=1S/C13H24N2O5S/c16-13(17)11-5-8-15(9-6-11)21(18,19)14-7-4-12-3-1-2-10-20-12/h11-12,14H,1-10H2,(H,16,17). The Morgan fingerprint density at radius 3 is 2.52 bits per heavy atom. The Morgan fingerprint density at radius 2 is 1.95 bits per heavy atom. The van der Waals surface area contributed by atoms with E-state index < -0.39 is 22.1 Å².